The average molecular weight is 256 g/mol. The van der Waals surface area contributed by atoms with Crippen molar-refractivity contribution < 1.29 is 0 Å². The molecule has 5 nitrogen and oxygen atoms in total. The van der Waals surface area contributed by atoms with Gasteiger partial charge in [0.05, 0.1) is 0 Å². The van der Waals surface area contributed by atoms with Crippen molar-refractivity contribution in [3.8, 4) is 5.82 Å². The summed E-state index contributed by atoms with van der Waals surface area (Å²) in [6.45, 7) is 2.06. The van der Waals surface area contributed by atoms with Crippen LogP contribution >= 0.6 is 23.4 Å². The summed E-state index contributed by atoms with van der Waals surface area (Å²) < 4.78 is 1.54. The van der Waals surface area contributed by atoms with Crippen LogP contribution in [0.25, 0.3) is 5.82 Å². The van der Waals surface area contributed by atoms with Gasteiger partial charge in [0.15, 0.2) is 11.0 Å². The van der Waals surface area contributed by atoms with E-state index in [0.29, 0.717) is 16.8 Å². The Hall–Kier alpha value is -1.27. The molecule has 0 atom stereocenters. The molecule has 0 aliphatic heterocycles. The van der Waals surface area contributed by atoms with Crippen LogP contribution < -0.4 is 5.73 Å². The number of hydrogen-bond donors (Lipinski definition) is 1. The van der Waals surface area contributed by atoms with Crippen LogP contribution in [0.1, 0.15) is 6.92 Å². The highest BCUT2D eigenvalue weighted by Gasteiger charge is 2.08. The quantitative estimate of drug-likeness (QED) is 0.850. The standard InChI is InChI=1S/C9H10ClN5S/c1-2-16-9-5-7(11)15(14-9)8-4-3-6(10)12-13-8/h3-5H,2,11H2,1H3. The SMILES string of the molecule is CCSc1cc(N)n(-c2ccc(Cl)nn2)n1. The Balaban J connectivity index is 2.36. The van der Waals surface area contributed by atoms with Crippen LogP contribution in [0.3, 0.4) is 0 Å². The van der Waals surface area contributed by atoms with E-state index in [2.05, 4.69) is 22.2 Å². The molecule has 2 aromatic heterocycles. The number of hydrogen-bond acceptors (Lipinski definition) is 5. The smallest absolute Gasteiger partial charge is 0.178 e. The minimum atomic E-state index is 0.345. The highest BCUT2D eigenvalue weighted by molar-refractivity contribution is 7.99. The van der Waals surface area contributed by atoms with E-state index in [0.717, 1.165) is 10.8 Å². The Kier molecular flexibility index (Phi) is 3.31. The van der Waals surface area contributed by atoms with Crippen LogP contribution in [0.15, 0.2) is 23.2 Å². The van der Waals surface area contributed by atoms with Crippen molar-refractivity contribution in [2.45, 2.75) is 11.9 Å². The summed E-state index contributed by atoms with van der Waals surface area (Å²) in [7, 11) is 0. The molecule has 0 fully saturated rings. The second-order valence-corrected chi connectivity index (χ2v) is 4.64. The lowest BCUT2D eigenvalue weighted by molar-refractivity contribution is 0.794. The van der Waals surface area contributed by atoms with Gasteiger partial charge in [-0.05, 0) is 17.9 Å². The van der Waals surface area contributed by atoms with Crippen LogP contribution in [-0.4, -0.2) is 25.7 Å². The molecule has 2 rings (SSSR count). The van der Waals surface area contributed by atoms with Gasteiger partial charge in [0.25, 0.3) is 0 Å². The van der Waals surface area contributed by atoms with Gasteiger partial charge in [0.1, 0.15) is 10.8 Å². The lowest BCUT2D eigenvalue weighted by Crippen LogP contribution is -2.04. The molecule has 0 amide bonds. The van der Waals surface area contributed by atoms with E-state index in [9.17, 15) is 0 Å². The third-order valence-electron chi connectivity index (χ3n) is 1.84. The predicted octanol–water partition coefficient (Wildman–Crippen LogP) is 2.01. The second kappa shape index (κ2) is 4.71. The second-order valence-electron chi connectivity index (χ2n) is 2.97. The van der Waals surface area contributed by atoms with Gasteiger partial charge < -0.3 is 5.73 Å². The third kappa shape index (κ3) is 2.28. The molecular weight excluding hydrogens is 246 g/mol. The average Bonchev–Trinajstić information content (AvgIpc) is 2.61. The molecule has 7 heteroatoms. The summed E-state index contributed by atoms with van der Waals surface area (Å²) in [5.41, 5.74) is 5.83. The summed E-state index contributed by atoms with van der Waals surface area (Å²) in [6, 6.07) is 5.18. The number of anilines is 1. The first-order valence-electron chi connectivity index (χ1n) is 4.68. The highest BCUT2D eigenvalue weighted by Crippen LogP contribution is 2.20. The first kappa shape index (κ1) is 11.2. The fraction of sp³-hybridized carbons (Fsp3) is 0.222. The summed E-state index contributed by atoms with van der Waals surface area (Å²) in [5.74, 6) is 2.04. The largest absolute Gasteiger partial charge is 0.383 e. The van der Waals surface area contributed by atoms with Crippen molar-refractivity contribution in [1.82, 2.24) is 20.0 Å². The lowest BCUT2D eigenvalue weighted by atomic mass is 10.5. The van der Waals surface area contributed by atoms with Crippen molar-refractivity contribution in [2.24, 2.45) is 0 Å². The molecule has 0 aromatic carbocycles. The molecule has 0 radical (unpaired) electrons. The van der Waals surface area contributed by atoms with Crippen LogP contribution in [0.2, 0.25) is 5.15 Å². The van der Waals surface area contributed by atoms with Gasteiger partial charge in [-0.25, -0.2) is 0 Å². The van der Waals surface area contributed by atoms with E-state index in [1.807, 2.05) is 6.07 Å². The maximum Gasteiger partial charge on any atom is 0.178 e. The van der Waals surface area contributed by atoms with E-state index in [1.165, 1.54) is 0 Å². The van der Waals surface area contributed by atoms with Crippen LogP contribution in [0, 0.1) is 0 Å². The van der Waals surface area contributed by atoms with Gasteiger partial charge in [-0.3, -0.25) is 0 Å². The molecule has 2 heterocycles. The van der Waals surface area contributed by atoms with E-state index in [1.54, 1.807) is 28.6 Å². The van der Waals surface area contributed by atoms with Gasteiger partial charge >= 0.3 is 0 Å². The van der Waals surface area contributed by atoms with Crippen LogP contribution in [0.5, 0.6) is 0 Å². The van der Waals surface area contributed by atoms with E-state index in [4.69, 9.17) is 17.3 Å². The maximum absolute atomic E-state index is 5.83. The monoisotopic (exact) mass is 255 g/mol. The number of nitrogens with two attached hydrogens (primary N) is 1. The molecule has 0 bridgehead atoms. The minimum Gasteiger partial charge on any atom is -0.383 e. The van der Waals surface area contributed by atoms with Crippen molar-refractivity contribution in [1.29, 1.82) is 0 Å². The van der Waals surface area contributed by atoms with Crippen molar-refractivity contribution in [2.75, 3.05) is 11.5 Å². The van der Waals surface area contributed by atoms with E-state index >= 15 is 0 Å². The maximum atomic E-state index is 5.83. The van der Waals surface area contributed by atoms with Gasteiger partial charge in [-0.15, -0.1) is 22.0 Å². The Morgan fingerprint density at radius 1 is 1.44 bits per heavy atom. The van der Waals surface area contributed by atoms with Crippen molar-refractivity contribution in [3.63, 3.8) is 0 Å². The molecule has 0 saturated carbocycles. The molecule has 0 aliphatic carbocycles. The molecule has 0 saturated heterocycles. The molecule has 84 valence electrons. The number of halogens is 1. The van der Waals surface area contributed by atoms with Crippen LogP contribution in [0.4, 0.5) is 5.82 Å². The molecule has 2 N–H and O–H groups in total. The number of aromatic nitrogens is 4. The Labute approximate surface area is 102 Å². The minimum absolute atomic E-state index is 0.345. The zero-order valence-corrected chi connectivity index (χ0v) is 10.2. The van der Waals surface area contributed by atoms with E-state index in [-0.39, 0.29) is 0 Å². The first-order valence-corrected chi connectivity index (χ1v) is 6.05. The molecule has 0 spiro atoms. The van der Waals surface area contributed by atoms with Gasteiger partial charge in [0.2, 0.25) is 0 Å². The number of rotatable bonds is 3. The van der Waals surface area contributed by atoms with Crippen LogP contribution in [-0.2, 0) is 0 Å². The first-order chi connectivity index (χ1) is 7.70. The van der Waals surface area contributed by atoms with Gasteiger partial charge in [-0.1, -0.05) is 18.5 Å². The third-order valence-corrected chi connectivity index (χ3v) is 2.83. The number of nitrogen functional groups attached to an aromatic ring is 1. The Morgan fingerprint density at radius 2 is 2.25 bits per heavy atom. The van der Waals surface area contributed by atoms with Crippen molar-refractivity contribution in [3.05, 3.63) is 23.4 Å². The summed E-state index contributed by atoms with van der Waals surface area (Å²) in [6.07, 6.45) is 0. The topological polar surface area (TPSA) is 69.6 Å². The molecular formula is C9H10ClN5S. The lowest BCUT2D eigenvalue weighted by Gasteiger charge is -2.00. The number of nitrogens with zero attached hydrogens (tertiary/aromatic N) is 4. The van der Waals surface area contributed by atoms with Gasteiger partial charge in [-0.2, -0.15) is 9.78 Å². The normalized spacial score (nSPS) is 10.6. The molecule has 0 unspecified atom stereocenters. The van der Waals surface area contributed by atoms with E-state index < -0.39 is 0 Å². The summed E-state index contributed by atoms with van der Waals surface area (Å²) in [4.78, 5) is 0. The fourth-order valence-electron chi connectivity index (χ4n) is 1.20. The highest BCUT2D eigenvalue weighted by atomic mass is 35.5. The fourth-order valence-corrected chi connectivity index (χ4v) is 1.94. The molecule has 16 heavy (non-hydrogen) atoms. The molecule has 2 aromatic rings. The Morgan fingerprint density at radius 3 is 2.88 bits per heavy atom. The summed E-state index contributed by atoms with van der Waals surface area (Å²) in [5, 5.41) is 13.2. The predicted molar refractivity (Wildman–Crippen MR) is 65.0 cm³/mol. The number of thioether (sulfide) groups is 1. The summed E-state index contributed by atoms with van der Waals surface area (Å²) >= 11 is 7.28. The Bertz CT molecular complexity index is 481. The zero-order chi connectivity index (χ0) is 11.5. The van der Waals surface area contributed by atoms with Gasteiger partial charge in [0, 0.05) is 6.07 Å². The molecule has 0 aliphatic rings. The zero-order valence-electron chi connectivity index (χ0n) is 8.59. The van der Waals surface area contributed by atoms with Crippen molar-refractivity contribution >= 4 is 29.2 Å².